The molecule has 1 rings (SSSR count). The van der Waals surface area contributed by atoms with Gasteiger partial charge in [0.1, 0.15) is 0 Å². The maximum absolute atomic E-state index is 11.7. The number of carbonyl (C=O) groups is 1. The normalized spacial score (nSPS) is 19.1. The van der Waals surface area contributed by atoms with Gasteiger partial charge in [-0.05, 0) is 46.2 Å². The summed E-state index contributed by atoms with van der Waals surface area (Å²) in [5.74, 6) is 0.196. The molecule has 2 atom stereocenters. The van der Waals surface area contributed by atoms with Gasteiger partial charge in [-0.2, -0.15) is 0 Å². The van der Waals surface area contributed by atoms with Gasteiger partial charge in [0, 0.05) is 31.6 Å². The van der Waals surface area contributed by atoms with Crippen molar-refractivity contribution < 1.29 is 4.79 Å². The fourth-order valence-corrected chi connectivity index (χ4v) is 2.30. The van der Waals surface area contributed by atoms with Gasteiger partial charge < -0.3 is 15.5 Å². The minimum atomic E-state index is 0. The van der Waals surface area contributed by atoms with Crippen LogP contribution in [-0.2, 0) is 4.79 Å². The average molecular weight is 328 g/mol. The standard InChI is InChI=1S/C14H29N3O.2ClH/c1-4-12(2)17(3)11-10-16-14(18)8-7-13-6-5-9-15-13;;/h12-13,15H,4-11H2,1-3H3,(H,16,18);2*1H. The number of amides is 1. The van der Waals surface area contributed by atoms with E-state index in [9.17, 15) is 4.79 Å². The van der Waals surface area contributed by atoms with Crippen molar-refractivity contribution in [2.45, 2.75) is 58.0 Å². The van der Waals surface area contributed by atoms with Crippen molar-refractivity contribution in [3.63, 3.8) is 0 Å². The molecule has 6 heteroatoms. The zero-order valence-electron chi connectivity index (χ0n) is 13.0. The number of halogens is 2. The van der Waals surface area contributed by atoms with E-state index in [0.717, 1.165) is 32.5 Å². The summed E-state index contributed by atoms with van der Waals surface area (Å²) in [6.07, 6.45) is 5.27. The lowest BCUT2D eigenvalue weighted by molar-refractivity contribution is -0.121. The van der Waals surface area contributed by atoms with E-state index >= 15 is 0 Å². The topological polar surface area (TPSA) is 44.4 Å². The van der Waals surface area contributed by atoms with Crippen molar-refractivity contribution in [1.29, 1.82) is 0 Å². The quantitative estimate of drug-likeness (QED) is 0.718. The molecule has 1 amide bonds. The van der Waals surface area contributed by atoms with E-state index in [1.54, 1.807) is 0 Å². The van der Waals surface area contributed by atoms with Crippen LogP contribution in [0.2, 0.25) is 0 Å². The fourth-order valence-electron chi connectivity index (χ4n) is 2.30. The Kier molecular flexibility index (Phi) is 14.1. The van der Waals surface area contributed by atoms with Crippen LogP contribution in [0.5, 0.6) is 0 Å². The maximum Gasteiger partial charge on any atom is 0.220 e. The third kappa shape index (κ3) is 9.01. The number of nitrogens with zero attached hydrogens (tertiary/aromatic N) is 1. The van der Waals surface area contributed by atoms with Crippen LogP contribution in [-0.4, -0.2) is 49.6 Å². The molecule has 20 heavy (non-hydrogen) atoms. The molecular weight excluding hydrogens is 297 g/mol. The molecule has 0 aromatic rings. The van der Waals surface area contributed by atoms with Gasteiger partial charge in [-0.3, -0.25) is 4.79 Å². The molecule has 0 saturated carbocycles. The molecule has 0 aromatic heterocycles. The van der Waals surface area contributed by atoms with Gasteiger partial charge in [-0.25, -0.2) is 0 Å². The Hall–Kier alpha value is -0.0300. The summed E-state index contributed by atoms with van der Waals surface area (Å²) in [7, 11) is 2.11. The summed E-state index contributed by atoms with van der Waals surface area (Å²) in [5, 5.41) is 6.43. The molecule has 1 fully saturated rings. The molecule has 0 bridgehead atoms. The van der Waals surface area contributed by atoms with Crippen LogP contribution in [0.25, 0.3) is 0 Å². The highest BCUT2D eigenvalue weighted by Gasteiger charge is 2.15. The summed E-state index contributed by atoms with van der Waals surface area (Å²) in [4.78, 5) is 14.0. The monoisotopic (exact) mass is 327 g/mol. The van der Waals surface area contributed by atoms with Crippen molar-refractivity contribution in [2.24, 2.45) is 0 Å². The number of carbonyl (C=O) groups excluding carboxylic acids is 1. The second-order valence-electron chi connectivity index (χ2n) is 5.42. The van der Waals surface area contributed by atoms with Crippen LogP contribution >= 0.6 is 24.8 Å². The molecule has 1 aliphatic heterocycles. The highest BCUT2D eigenvalue weighted by atomic mass is 35.5. The van der Waals surface area contributed by atoms with Crippen LogP contribution in [0.15, 0.2) is 0 Å². The zero-order chi connectivity index (χ0) is 13.4. The van der Waals surface area contributed by atoms with Gasteiger partial charge in [-0.1, -0.05) is 6.92 Å². The molecule has 4 nitrogen and oxygen atoms in total. The first kappa shape index (κ1) is 22.3. The van der Waals surface area contributed by atoms with Gasteiger partial charge in [-0.15, -0.1) is 24.8 Å². The molecule has 0 aromatic carbocycles. The van der Waals surface area contributed by atoms with Crippen LogP contribution < -0.4 is 10.6 Å². The van der Waals surface area contributed by atoms with Crippen LogP contribution in [0.3, 0.4) is 0 Å². The number of rotatable bonds is 8. The van der Waals surface area contributed by atoms with E-state index in [0.29, 0.717) is 18.5 Å². The van der Waals surface area contributed by atoms with E-state index in [-0.39, 0.29) is 30.7 Å². The predicted molar refractivity (Wildman–Crippen MR) is 90.1 cm³/mol. The van der Waals surface area contributed by atoms with Gasteiger partial charge in [0.25, 0.3) is 0 Å². The molecular formula is C14H31Cl2N3O. The Morgan fingerprint density at radius 3 is 2.70 bits per heavy atom. The van der Waals surface area contributed by atoms with Gasteiger partial charge >= 0.3 is 0 Å². The summed E-state index contributed by atoms with van der Waals surface area (Å²) in [6.45, 7) is 7.22. The highest BCUT2D eigenvalue weighted by molar-refractivity contribution is 5.85. The Balaban J connectivity index is 0. The first-order valence-electron chi connectivity index (χ1n) is 7.33. The molecule has 1 heterocycles. The lowest BCUT2D eigenvalue weighted by Crippen LogP contribution is -2.37. The highest BCUT2D eigenvalue weighted by Crippen LogP contribution is 2.10. The van der Waals surface area contributed by atoms with Crippen molar-refractivity contribution >= 4 is 30.7 Å². The smallest absolute Gasteiger partial charge is 0.220 e. The summed E-state index contributed by atoms with van der Waals surface area (Å²) < 4.78 is 0. The maximum atomic E-state index is 11.7. The third-order valence-corrected chi connectivity index (χ3v) is 4.01. The van der Waals surface area contributed by atoms with Crippen molar-refractivity contribution in [1.82, 2.24) is 15.5 Å². The third-order valence-electron chi connectivity index (χ3n) is 4.01. The molecule has 1 aliphatic rings. The Morgan fingerprint density at radius 1 is 1.45 bits per heavy atom. The van der Waals surface area contributed by atoms with E-state index in [4.69, 9.17) is 0 Å². The number of nitrogens with one attached hydrogen (secondary N) is 2. The summed E-state index contributed by atoms with van der Waals surface area (Å²) in [5.41, 5.74) is 0. The predicted octanol–water partition coefficient (Wildman–Crippen LogP) is 2.21. The molecule has 0 radical (unpaired) electrons. The Labute approximate surface area is 136 Å². The van der Waals surface area contributed by atoms with Crippen molar-refractivity contribution in [2.75, 3.05) is 26.7 Å². The minimum absolute atomic E-state index is 0. The van der Waals surface area contributed by atoms with Gasteiger partial charge in [0.15, 0.2) is 0 Å². The Bertz CT molecular complexity index is 249. The lowest BCUT2D eigenvalue weighted by atomic mass is 10.1. The van der Waals surface area contributed by atoms with E-state index in [1.165, 1.54) is 12.8 Å². The molecule has 0 aliphatic carbocycles. The van der Waals surface area contributed by atoms with Crippen LogP contribution in [0.4, 0.5) is 0 Å². The van der Waals surface area contributed by atoms with Gasteiger partial charge in [0.2, 0.25) is 5.91 Å². The Morgan fingerprint density at radius 2 is 2.15 bits per heavy atom. The summed E-state index contributed by atoms with van der Waals surface area (Å²) in [6, 6.07) is 1.16. The van der Waals surface area contributed by atoms with Crippen LogP contribution in [0, 0.1) is 0 Å². The molecule has 122 valence electrons. The van der Waals surface area contributed by atoms with E-state index < -0.39 is 0 Å². The lowest BCUT2D eigenvalue weighted by Gasteiger charge is -2.23. The second kappa shape index (κ2) is 12.7. The molecule has 0 spiro atoms. The molecule has 1 saturated heterocycles. The van der Waals surface area contributed by atoms with Crippen LogP contribution in [0.1, 0.15) is 46.0 Å². The first-order valence-corrected chi connectivity index (χ1v) is 7.33. The number of likely N-dealkylation sites (N-methyl/N-ethyl adjacent to an activating group) is 1. The minimum Gasteiger partial charge on any atom is -0.355 e. The fraction of sp³-hybridized carbons (Fsp3) is 0.929. The van der Waals surface area contributed by atoms with Gasteiger partial charge in [0.05, 0.1) is 0 Å². The second-order valence-corrected chi connectivity index (χ2v) is 5.42. The van der Waals surface area contributed by atoms with Crippen molar-refractivity contribution in [3.8, 4) is 0 Å². The van der Waals surface area contributed by atoms with E-state index in [1.807, 2.05) is 0 Å². The number of hydrogen-bond donors (Lipinski definition) is 2. The number of hydrogen-bond acceptors (Lipinski definition) is 3. The molecule has 2 N–H and O–H groups in total. The largest absolute Gasteiger partial charge is 0.355 e. The zero-order valence-corrected chi connectivity index (χ0v) is 14.6. The SMILES string of the molecule is CCC(C)N(C)CCNC(=O)CCC1CCCN1.Cl.Cl. The average Bonchev–Trinajstić information content (AvgIpc) is 2.88. The molecule has 2 unspecified atom stereocenters. The van der Waals surface area contributed by atoms with E-state index in [2.05, 4.69) is 36.4 Å². The first-order chi connectivity index (χ1) is 8.63. The van der Waals surface area contributed by atoms with Crippen molar-refractivity contribution in [3.05, 3.63) is 0 Å². The summed E-state index contributed by atoms with van der Waals surface area (Å²) >= 11 is 0.